The van der Waals surface area contributed by atoms with Crippen molar-refractivity contribution in [1.29, 1.82) is 0 Å². The molecule has 0 spiro atoms. The van der Waals surface area contributed by atoms with Gasteiger partial charge in [0.25, 0.3) is 0 Å². The maximum atomic E-state index is 11.7. The van der Waals surface area contributed by atoms with E-state index in [0.717, 1.165) is 0 Å². The summed E-state index contributed by atoms with van der Waals surface area (Å²) >= 11 is 0. The molecular formula is C17H20N2O4. The lowest BCUT2D eigenvalue weighted by Gasteiger charge is -2.14. The molecule has 0 unspecified atom stereocenters. The van der Waals surface area contributed by atoms with Crippen LogP contribution in [0.2, 0.25) is 0 Å². The Morgan fingerprint density at radius 1 is 1.09 bits per heavy atom. The Morgan fingerprint density at radius 2 is 1.78 bits per heavy atom. The van der Waals surface area contributed by atoms with Crippen LogP contribution in [-0.2, 0) is 0 Å². The number of anilines is 1. The fraction of sp³-hybridized carbons (Fsp3) is 0.235. The minimum Gasteiger partial charge on any atom is -0.497 e. The summed E-state index contributed by atoms with van der Waals surface area (Å²) < 4.78 is 10.4. The number of carbonyl (C=O) groups is 1. The number of methoxy groups -OCH3 is 1. The van der Waals surface area contributed by atoms with Gasteiger partial charge < -0.3 is 25.2 Å². The highest BCUT2D eigenvalue weighted by Gasteiger charge is 2.08. The molecule has 0 saturated carbocycles. The number of benzene rings is 2. The van der Waals surface area contributed by atoms with Gasteiger partial charge in [0, 0.05) is 12.2 Å². The predicted octanol–water partition coefficient (Wildman–Crippen LogP) is 2.26. The van der Waals surface area contributed by atoms with Gasteiger partial charge in [0.1, 0.15) is 24.2 Å². The smallest absolute Gasteiger partial charge is 0.319 e. The topological polar surface area (TPSA) is 79.8 Å². The number of urea groups is 1. The van der Waals surface area contributed by atoms with E-state index in [0.29, 0.717) is 17.2 Å². The van der Waals surface area contributed by atoms with Gasteiger partial charge in [0.05, 0.1) is 7.11 Å². The molecule has 0 aromatic heterocycles. The zero-order chi connectivity index (χ0) is 16.5. The van der Waals surface area contributed by atoms with Gasteiger partial charge in [-0.1, -0.05) is 18.2 Å². The van der Waals surface area contributed by atoms with E-state index in [2.05, 4.69) is 10.6 Å². The molecule has 0 fully saturated rings. The second kappa shape index (κ2) is 8.65. The third-order valence-electron chi connectivity index (χ3n) is 3.03. The molecule has 0 bridgehead atoms. The average molecular weight is 316 g/mol. The summed E-state index contributed by atoms with van der Waals surface area (Å²) in [4.78, 5) is 11.7. The van der Waals surface area contributed by atoms with Gasteiger partial charge in [0.2, 0.25) is 0 Å². The van der Waals surface area contributed by atoms with Crippen LogP contribution in [0.5, 0.6) is 11.5 Å². The van der Waals surface area contributed by atoms with Crippen LogP contribution in [0.3, 0.4) is 0 Å². The fourth-order valence-electron chi connectivity index (χ4n) is 1.83. The molecule has 0 aliphatic carbocycles. The Morgan fingerprint density at radius 3 is 2.43 bits per heavy atom. The molecule has 122 valence electrons. The van der Waals surface area contributed by atoms with Crippen LogP contribution in [0.4, 0.5) is 10.5 Å². The van der Waals surface area contributed by atoms with E-state index in [1.54, 1.807) is 43.5 Å². The summed E-state index contributed by atoms with van der Waals surface area (Å²) in [6, 6.07) is 15.7. The first-order chi connectivity index (χ1) is 11.2. The number of para-hydroxylation sites is 1. The van der Waals surface area contributed by atoms with Crippen molar-refractivity contribution in [3.8, 4) is 11.5 Å². The Hall–Kier alpha value is -2.73. The van der Waals surface area contributed by atoms with Gasteiger partial charge in [0.15, 0.2) is 0 Å². The van der Waals surface area contributed by atoms with Crippen LogP contribution in [0, 0.1) is 0 Å². The molecule has 6 heteroatoms. The van der Waals surface area contributed by atoms with Gasteiger partial charge in [-0.15, -0.1) is 0 Å². The highest BCUT2D eigenvalue weighted by molar-refractivity contribution is 5.89. The molecule has 0 heterocycles. The number of nitrogens with one attached hydrogen (secondary N) is 2. The SMILES string of the molecule is COc1ccc(NC(=O)NC[C@@H](O)COc2ccccc2)cc1. The highest BCUT2D eigenvalue weighted by atomic mass is 16.5. The lowest BCUT2D eigenvalue weighted by atomic mass is 10.3. The summed E-state index contributed by atoms with van der Waals surface area (Å²) in [5, 5.41) is 15.1. The van der Waals surface area contributed by atoms with Crippen molar-refractivity contribution < 1.29 is 19.4 Å². The number of rotatable bonds is 7. The lowest BCUT2D eigenvalue weighted by Crippen LogP contribution is -2.37. The molecule has 0 radical (unpaired) electrons. The Balaban J connectivity index is 1.68. The fourth-order valence-corrected chi connectivity index (χ4v) is 1.83. The van der Waals surface area contributed by atoms with Crippen LogP contribution in [-0.4, -0.2) is 37.5 Å². The number of carbonyl (C=O) groups excluding carboxylic acids is 1. The quantitative estimate of drug-likeness (QED) is 0.732. The molecule has 0 aliphatic heterocycles. The second-order valence-corrected chi connectivity index (χ2v) is 4.84. The van der Waals surface area contributed by atoms with Gasteiger partial charge >= 0.3 is 6.03 Å². The molecule has 2 aromatic rings. The molecule has 1 atom stereocenters. The third-order valence-corrected chi connectivity index (χ3v) is 3.03. The van der Waals surface area contributed by atoms with Crippen molar-refractivity contribution in [3.05, 3.63) is 54.6 Å². The largest absolute Gasteiger partial charge is 0.497 e. The summed E-state index contributed by atoms with van der Waals surface area (Å²) in [7, 11) is 1.58. The van der Waals surface area contributed by atoms with Crippen LogP contribution in [0.25, 0.3) is 0 Å². The normalized spacial score (nSPS) is 11.4. The number of amides is 2. The number of aliphatic hydroxyl groups is 1. The highest BCUT2D eigenvalue weighted by Crippen LogP contribution is 2.14. The van der Waals surface area contributed by atoms with E-state index < -0.39 is 12.1 Å². The molecule has 0 aliphatic rings. The minimum atomic E-state index is -0.795. The minimum absolute atomic E-state index is 0.0921. The first kappa shape index (κ1) is 16.6. The zero-order valence-electron chi connectivity index (χ0n) is 12.9. The Kier molecular flexibility index (Phi) is 6.26. The van der Waals surface area contributed by atoms with E-state index in [4.69, 9.17) is 9.47 Å². The van der Waals surface area contributed by atoms with Crippen molar-refractivity contribution in [2.24, 2.45) is 0 Å². The van der Waals surface area contributed by atoms with E-state index in [9.17, 15) is 9.90 Å². The van der Waals surface area contributed by atoms with Crippen LogP contribution in [0.1, 0.15) is 0 Å². The third kappa shape index (κ3) is 5.88. The lowest BCUT2D eigenvalue weighted by molar-refractivity contribution is 0.108. The second-order valence-electron chi connectivity index (χ2n) is 4.84. The maximum Gasteiger partial charge on any atom is 0.319 e. The standard InChI is InChI=1S/C17H20N2O4/c1-22-15-9-7-13(8-10-15)19-17(21)18-11-14(20)12-23-16-5-3-2-4-6-16/h2-10,14,20H,11-12H2,1H3,(H2,18,19,21)/t14-/m1/s1. The predicted molar refractivity (Wildman–Crippen MR) is 88.0 cm³/mol. The van der Waals surface area contributed by atoms with Gasteiger partial charge in [-0.2, -0.15) is 0 Å². The van der Waals surface area contributed by atoms with E-state index in [1.807, 2.05) is 18.2 Å². The van der Waals surface area contributed by atoms with Gasteiger partial charge in [-0.25, -0.2) is 4.79 Å². The van der Waals surface area contributed by atoms with Crippen LogP contribution in [0.15, 0.2) is 54.6 Å². The summed E-state index contributed by atoms with van der Waals surface area (Å²) in [6.07, 6.45) is -0.795. The summed E-state index contributed by atoms with van der Waals surface area (Å²) in [6.45, 7) is 0.196. The van der Waals surface area contributed by atoms with Gasteiger partial charge in [-0.3, -0.25) is 0 Å². The molecule has 2 aromatic carbocycles. The monoisotopic (exact) mass is 316 g/mol. The summed E-state index contributed by atoms with van der Waals surface area (Å²) in [5.41, 5.74) is 0.637. The van der Waals surface area contributed by atoms with Crippen molar-refractivity contribution in [2.75, 3.05) is 25.6 Å². The van der Waals surface area contributed by atoms with E-state index in [-0.39, 0.29) is 13.2 Å². The van der Waals surface area contributed by atoms with Crippen LogP contribution >= 0.6 is 0 Å². The van der Waals surface area contributed by atoms with Crippen LogP contribution < -0.4 is 20.1 Å². The average Bonchev–Trinajstić information content (AvgIpc) is 2.60. The summed E-state index contributed by atoms with van der Waals surface area (Å²) in [5.74, 6) is 1.39. The zero-order valence-corrected chi connectivity index (χ0v) is 12.9. The first-order valence-corrected chi connectivity index (χ1v) is 7.22. The molecular weight excluding hydrogens is 296 g/mol. The molecule has 3 N–H and O–H groups in total. The Bertz CT molecular complexity index is 602. The molecule has 23 heavy (non-hydrogen) atoms. The maximum absolute atomic E-state index is 11.7. The molecule has 2 rings (SSSR count). The van der Waals surface area contributed by atoms with E-state index >= 15 is 0 Å². The van der Waals surface area contributed by atoms with Crippen molar-refractivity contribution in [1.82, 2.24) is 5.32 Å². The van der Waals surface area contributed by atoms with E-state index in [1.165, 1.54) is 0 Å². The molecule has 2 amide bonds. The Labute approximate surface area is 135 Å². The number of hydrogen-bond donors (Lipinski definition) is 3. The number of hydrogen-bond acceptors (Lipinski definition) is 4. The first-order valence-electron chi connectivity index (χ1n) is 7.22. The van der Waals surface area contributed by atoms with Crippen molar-refractivity contribution in [3.63, 3.8) is 0 Å². The molecule has 0 saturated heterocycles. The van der Waals surface area contributed by atoms with Gasteiger partial charge in [-0.05, 0) is 36.4 Å². The molecule has 6 nitrogen and oxygen atoms in total. The van der Waals surface area contributed by atoms with Crippen molar-refractivity contribution in [2.45, 2.75) is 6.10 Å². The number of aliphatic hydroxyl groups excluding tert-OH is 1. The van der Waals surface area contributed by atoms with Crippen molar-refractivity contribution >= 4 is 11.7 Å². The number of ether oxygens (including phenoxy) is 2.